The summed E-state index contributed by atoms with van der Waals surface area (Å²) in [6.45, 7) is 0.353. The SMILES string of the molecule is COc1cccc(NC(=O)c2csc(-c3ccc(OCc4ccccc4)cc3F)n2)c1. The third kappa shape index (κ3) is 5.07. The summed E-state index contributed by atoms with van der Waals surface area (Å²) >= 11 is 1.20. The van der Waals surface area contributed by atoms with E-state index in [-0.39, 0.29) is 11.6 Å². The molecule has 1 amide bonds. The average molecular weight is 434 g/mol. The largest absolute Gasteiger partial charge is 0.497 e. The maximum atomic E-state index is 14.7. The van der Waals surface area contributed by atoms with E-state index in [2.05, 4.69) is 10.3 Å². The molecule has 0 unspecified atom stereocenters. The number of anilines is 1. The van der Waals surface area contributed by atoms with E-state index in [1.165, 1.54) is 17.4 Å². The molecule has 0 aliphatic rings. The number of nitrogens with one attached hydrogen (secondary N) is 1. The third-order valence-electron chi connectivity index (χ3n) is 4.48. The Labute approximate surface area is 183 Å². The van der Waals surface area contributed by atoms with Crippen LogP contribution in [-0.2, 0) is 6.61 Å². The van der Waals surface area contributed by atoms with Crippen LogP contribution >= 0.6 is 11.3 Å². The van der Waals surface area contributed by atoms with Gasteiger partial charge in [-0.25, -0.2) is 9.37 Å². The second-order valence-electron chi connectivity index (χ2n) is 6.64. The molecule has 0 aliphatic heterocycles. The summed E-state index contributed by atoms with van der Waals surface area (Å²) in [5.74, 6) is 0.227. The molecule has 0 saturated heterocycles. The summed E-state index contributed by atoms with van der Waals surface area (Å²) in [4.78, 5) is 16.8. The summed E-state index contributed by atoms with van der Waals surface area (Å²) in [7, 11) is 1.56. The molecular weight excluding hydrogens is 415 g/mol. The highest BCUT2D eigenvalue weighted by Crippen LogP contribution is 2.29. The molecule has 0 spiro atoms. The van der Waals surface area contributed by atoms with Crippen LogP contribution in [0.4, 0.5) is 10.1 Å². The number of rotatable bonds is 7. The van der Waals surface area contributed by atoms with Gasteiger partial charge in [0.15, 0.2) is 0 Å². The molecule has 0 atom stereocenters. The molecule has 156 valence electrons. The lowest BCUT2D eigenvalue weighted by Crippen LogP contribution is -2.12. The van der Waals surface area contributed by atoms with E-state index in [0.29, 0.717) is 34.4 Å². The van der Waals surface area contributed by atoms with Crippen molar-refractivity contribution in [3.63, 3.8) is 0 Å². The summed E-state index contributed by atoms with van der Waals surface area (Å²) in [6.07, 6.45) is 0. The van der Waals surface area contributed by atoms with Gasteiger partial charge in [0.1, 0.15) is 34.6 Å². The van der Waals surface area contributed by atoms with Crippen molar-refractivity contribution in [1.29, 1.82) is 0 Å². The van der Waals surface area contributed by atoms with Crippen molar-refractivity contribution in [3.8, 4) is 22.1 Å². The molecule has 0 saturated carbocycles. The minimum Gasteiger partial charge on any atom is -0.497 e. The van der Waals surface area contributed by atoms with Gasteiger partial charge >= 0.3 is 0 Å². The Bertz CT molecular complexity index is 1190. The molecule has 4 aromatic rings. The fraction of sp³-hybridized carbons (Fsp3) is 0.0833. The monoisotopic (exact) mass is 434 g/mol. The molecule has 1 N–H and O–H groups in total. The van der Waals surface area contributed by atoms with Gasteiger partial charge in [0.2, 0.25) is 0 Å². The Morgan fingerprint density at radius 2 is 1.87 bits per heavy atom. The number of benzene rings is 3. The number of hydrogen-bond donors (Lipinski definition) is 1. The van der Waals surface area contributed by atoms with Gasteiger partial charge in [-0.1, -0.05) is 36.4 Å². The zero-order valence-corrected chi connectivity index (χ0v) is 17.5. The first-order chi connectivity index (χ1) is 15.1. The molecular formula is C24H19FN2O3S. The van der Waals surface area contributed by atoms with Crippen molar-refractivity contribution >= 4 is 22.9 Å². The van der Waals surface area contributed by atoms with Crippen LogP contribution in [0.2, 0.25) is 0 Å². The highest BCUT2D eigenvalue weighted by Gasteiger charge is 2.15. The van der Waals surface area contributed by atoms with E-state index in [4.69, 9.17) is 9.47 Å². The Morgan fingerprint density at radius 1 is 1.03 bits per heavy atom. The van der Waals surface area contributed by atoms with Crippen LogP contribution in [0.1, 0.15) is 16.1 Å². The Morgan fingerprint density at radius 3 is 2.65 bits per heavy atom. The van der Waals surface area contributed by atoms with Crippen molar-refractivity contribution in [2.24, 2.45) is 0 Å². The van der Waals surface area contributed by atoms with Crippen LogP contribution in [0.5, 0.6) is 11.5 Å². The predicted molar refractivity (Wildman–Crippen MR) is 119 cm³/mol. The number of amides is 1. The van der Waals surface area contributed by atoms with Crippen molar-refractivity contribution in [2.45, 2.75) is 6.61 Å². The fourth-order valence-corrected chi connectivity index (χ4v) is 3.72. The van der Waals surface area contributed by atoms with Crippen LogP contribution < -0.4 is 14.8 Å². The van der Waals surface area contributed by atoms with Gasteiger partial charge in [-0.05, 0) is 29.8 Å². The minimum atomic E-state index is -0.459. The molecule has 0 bridgehead atoms. The maximum Gasteiger partial charge on any atom is 0.275 e. The fourth-order valence-electron chi connectivity index (χ4n) is 2.90. The first-order valence-corrected chi connectivity index (χ1v) is 10.4. The number of nitrogens with zero attached hydrogens (tertiary/aromatic N) is 1. The standard InChI is InChI=1S/C24H19FN2O3S/c1-29-18-9-5-8-17(12-18)26-23(28)22-15-31-24(27-22)20-11-10-19(13-21(20)25)30-14-16-6-3-2-4-7-16/h2-13,15H,14H2,1H3,(H,26,28). The van der Waals surface area contributed by atoms with Crippen LogP contribution in [0, 0.1) is 5.82 Å². The molecule has 1 aromatic heterocycles. The highest BCUT2D eigenvalue weighted by molar-refractivity contribution is 7.13. The van der Waals surface area contributed by atoms with Gasteiger partial charge in [0.05, 0.1) is 7.11 Å². The lowest BCUT2D eigenvalue weighted by molar-refractivity contribution is 0.102. The number of halogens is 1. The second kappa shape index (κ2) is 9.40. The lowest BCUT2D eigenvalue weighted by Gasteiger charge is -2.08. The molecule has 7 heteroatoms. The van der Waals surface area contributed by atoms with E-state index in [0.717, 1.165) is 5.56 Å². The summed E-state index contributed by atoms with van der Waals surface area (Å²) in [5, 5.41) is 4.79. The van der Waals surface area contributed by atoms with Gasteiger partial charge in [0.25, 0.3) is 5.91 Å². The molecule has 3 aromatic carbocycles. The number of carbonyl (C=O) groups excluding carboxylic acids is 1. The van der Waals surface area contributed by atoms with E-state index >= 15 is 0 Å². The molecule has 0 aliphatic carbocycles. The normalized spacial score (nSPS) is 10.5. The Hall–Kier alpha value is -3.71. The maximum absolute atomic E-state index is 14.7. The Kier molecular flexibility index (Phi) is 6.24. The quantitative estimate of drug-likeness (QED) is 0.400. The van der Waals surface area contributed by atoms with E-state index < -0.39 is 5.82 Å². The predicted octanol–water partition coefficient (Wildman–Crippen LogP) is 5.79. The van der Waals surface area contributed by atoms with Crippen LogP contribution in [-0.4, -0.2) is 18.0 Å². The summed E-state index contributed by atoms with van der Waals surface area (Å²) in [5.41, 5.74) is 2.12. The van der Waals surface area contributed by atoms with Gasteiger partial charge < -0.3 is 14.8 Å². The first kappa shape index (κ1) is 20.6. The minimum absolute atomic E-state index is 0.214. The zero-order chi connectivity index (χ0) is 21.6. The van der Waals surface area contributed by atoms with Gasteiger partial charge in [-0.2, -0.15) is 0 Å². The van der Waals surface area contributed by atoms with Crippen molar-refractivity contribution in [1.82, 2.24) is 4.98 Å². The number of carbonyl (C=O) groups is 1. The topological polar surface area (TPSA) is 60.5 Å². The van der Waals surface area contributed by atoms with Crippen LogP contribution in [0.15, 0.2) is 78.2 Å². The average Bonchev–Trinajstić information content (AvgIpc) is 3.29. The third-order valence-corrected chi connectivity index (χ3v) is 5.36. The van der Waals surface area contributed by atoms with E-state index in [9.17, 15) is 9.18 Å². The highest BCUT2D eigenvalue weighted by atomic mass is 32.1. The first-order valence-electron chi connectivity index (χ1n) is 9.50. The summed E-state index contributed by atoms with van der Waals surface area (Å²) in [6, 6.07) is 21.3. The number of ether oxygens (including phenoxy) is 2. The number of thiazole rings is 1. The summed E-state index contributed by atoms with van der Waals surface area (Å²) < 4.78 is 25.5. The van der Waals surface area contributed by atoms with Crippen LogP contribution in [0.3, 0.4) is 0 Å². The van der Waals surface area contributed by atoms with Crippen molar-refractivity contribution < 1.29 is 18.7 Å². The number of aromatic nitrogens is 1. The van der Waals surface area contributed by atoms with Crippen molar-refractivity contribution in [3.05, 3.63) is 95.3 Å². The molecule has 31 heavy (non-hydrogen) atoms. The molecule has 1 heterocycles. The van der Waals surface area contributed by atoms with Gasteiger partial charge in [0, 0.05) is 28.8 Å². The van der Waals surface area contributed by atoms with E-state index in [1.54, 1.807) is 48.9 Å². The zero-order valence-electron chi connectivity index (χ0n) is 16.7. The molecule has 4 rings (SSSR count). The van der Waals surface area contributed by atoms with Gasteiger partial charge in [-0.15, -0.1) is 11.3 Å². The number of methoxy groups -OCH3 is 1. The number of hydrogen-bond acceptors (Lipinski definition) is 5. The van der Waals surface area contributed by atoms with E-state index in [1.807, 2.05) is 30.3 Å². The molecule has 5 nitrogen and oxygen atoms in total. The molecule has 0 fully saturated rings. The Balaban J connectivity index is 1.44. The second-order valence-corrected chi connectivity index (χ2v) is 7.50. The smallest absolute Gasteiger partial charge is 0.275 e. The lowest BCUT2D eigenvalue weighted by atomic mass is 10.2. The molecule has 0 radical (unpaired) electrons. The van der Waals surface area contributed by atoms with Gasteiger partial charge in [-0.3, -0.25) is 4.79 Å². The van der Waals surface area contributed by atoms with Crippen LogP contribution in [0.25, 0.3) is 10.6 Å². The van der Waals surface area contributed by atoms with Crippen molar-refractivity contribution in [2.75, 3.05) is 12.4 Å².